The first-order chi connectivity index (χ1) is 48.2. The van der Waals surface area contributed by atoms with E-state index in [-0.39, 0.29) is 18.5 Å². The SMILES string of the molecule is CCCCCCCCCCCCCC/C=C/C(O)C(COC1OC(CO)C(O)C(O)C1O)NC(=O)CCCCCCCCCCCCCCCCCCC/C=C\CCCCCCCCCCCCCCCCCCCCOC(=O)CCCCCCCCCCCCCCCCCCC. The number of carbonyl (C=O) groups excluding carboxylic acids is 2. The highest BCUT2D eigenvalue weighted by atomic mass is 16.7. The minimum Gasteiger partial charge on any atom is -0.466 e. The second-order valence-corrected chi connectivity index (χ2v) is 30.6. The third kappa shape index (κ3) is 63.8. The Morgan fingerprint density at radius 1 is 0.367 bits per heavy atom. The molecule has 1 saturated heterocycles. The maximum absolute atomic E-state index is 13.1. The number of aliphatic hydroxyl groups is 5. The molecule has 98 heavy (non-hydrogen) atoms. The molecule has 0 aromatic rings. The maximum Gasteiger partial charge on any atom is 0.305 e. The fourth-order valence-corrected chi connectivity index (χ4v) is 14.3. The summed E-state index contributed by atoms with van der Waals surface area (Å²) in [5.41, 5.74) is 0. The van der Waals surface area contributed by atoms with Crippen LogP contribution >= 0.6 is 0 Å². The summed E-state index contributed by atoms with van der Waals surface area (Å²) >= 11 is 0. The lowest BCUT2D eigenvalue weighted by molar-refractivity contribution is -0.302. The van der Waals surface area contributed by atoms with E-state index in [1.165, 1.54) is 379 Å². The van der Waals surface area contributed by atoms with Gasteiger partial charge >= 0.3 is 5.97 Å². The summed E-state index contributed by atoms with van der Waals surface area (Å²) in [4.78, 5) is 25.2. The van der Waals surface area contributed by atoms with E-state index in [2.05, 4.69) is 31.3 Å². The third-order valence-electron chi connectivity index (χ3n) is 21.1. The van der Waals surface area contributed by atoms with E-state index < -0.39 is 49.5 Å². The number of carbonyl (C=O) groups is 2. The van der Waals surface area contributed by atoms with Gasteiger partial charge in [-0.1, -0.05) is 411 Å². The Morgan fingerprint density at radius 2 is 0.653 bits per heavy atom. The summed E-state index contributed by atoms with van der Waals surface area (Å²) in [5.74, 6) is -0.152. The maximum atomic E-state index is 13.1. The molecule has 0 aromatic carbocycles. The highest BCUT2D eigenvalue weighted by Crippen LogP contribution is 2.24. The van der Waals surface area contributed by atoms with Crippen molar-refractivity contribution in [3.63, 3.8) is 0 Å². The molecule has 0 radical (unpaired) electrons. The number of nitrogens with one attached hydrogen (secondary N) is 1. The van der Waals surface area contributed by atoms with Crippen LogP contribution in [0, 0.1) is 0 Å². The molecule has 1 aliphatic heterocycles. The second kappa shape index (κ2) is 76.3. The number of hydrogen-bond donors (Lipinski definition) is 6. The molecule has 7 unspecified atom stereocenters. The van der Waals surface area contributed by atoms with Gasteiger partial charge in [0.15, 0.2) is 6.29 Å². The molecule has 7 atom stereocenters. The molecule has 1 rings (SSSR count). The Balaban J connectivity index is 1.87. The van der Waals surface area contributed by atoms with Gasteiger partial charge in [0.2, 0.25) is 5.91 Å². The van der Waals surface area contributed by atoms with Crippen LogP contribution in [0.25, 0.3) is 0 Å². The summed E-state index contributed by atoms with van der Waals surface area (Å²) in [6.07, 6.45) is 89.5. The van der Waals surface area contributed by atoms with E-state index >= 15 is 0 Å². The Kier molecular flexibility index (Phi) is 73.3. The average Bonchev–Trinajstić information content (AvgIpc) is 0.823. The zero-order valence-corrected chi connectivity index (χ0v) is 65.0. The highest BCUT2D eigenvalue weighted by Gasteiger charge is 2.44. The first-order valence-corrected chi connectivity index (χ1v) is 43.6. The summed E-state index contributed by atoms with van der Waals surface area (Å²) in [5, 5.41) is 54.7. The van der Waals surface area contributed by atoms with Gasteiger partial charge < -0.3 is 45.1 Å². The van der Waals surface area contributed by atoms with E-state index in [0.717, 1.165) is 51.4 Å². The zero-order valence-electron chi connectivity index (χ0n) is 65.0. The highest BCUT2D eigenvalue weighted by molar-refractivity contribution is 5.76. The Labute approximate surface area is 607 Å². The van der Waals surface area contributed by atoms with Gasteiger partial charge in [0.25, 0.3) is 0 Å². The Bertz CT molecular complexity index is 1680. The minimum absolute atomic E-state index is 0.0219. The topological polar surface area (TPSA) is 175 Å². The fourth-order valence-electron chi connectivity index (χ4n) is 14.3. The van der Waals surface area contributed by atoms with Crippen molar-refractivity contribution in [2.24, 2.45) is 0 Å². The van der Waals surface area contributed by atoms with Crippen LogP contribution in [0.1, 0.15) is 457 Å². The lowest BCUT2D eigenvalue weighted by Gasteiger charge is -2.40. The van der Waals surface area contributed by atoms with Gasteiger partial charge in [-0.15, -0.1) is 0 Å². The van der Waals surface area contributed by atoms with Crippen LogP contribution < -0.4 is 5.32 Å². The van der Waals surface area contributed by atoms with E-state index in [1.54, 1.807) is 6.08 Å². The summed E-state index contributed by atoms with van der Waals surface area (Å²) in [6.45, 7) is 4.42. The van der Waals surface area contributed by atoms with E-state index in [0.29, 0.717) is 19.4 Å². The number of hydrogen-bond acceptors (Lipinski definition) is 10. The largest absolute Gasteiger partial charge is 0.466 e. The van der Waals surface area contributed by atoms with Crippen LogP contribution in [0.5, 0.6) is 0 Å². The first kappa shape index (κ1) is 94.2. The predicted molar refractivity (Wildman–Crippen MR) is 417 cm³/mol. The molecular weight excluding hydrogens is 1220 g/mol. The molecule has 11 heteroatoms. The van der Waals surface area contributed by atoms with Crippen molar-refractivity contribution in [1.29, 1.82) is 0 Å². The van der Waals surface area contributed by atoms with Crippen LogP contribution in [0.3, 0.4) is 0 Å². The van der Waals surface area contributed by atoms with Gasteiger partial charge in [-0.25, -0.2) is 0 Å². The van der Waals surface area contributed by atoms with Crippen molar-refractivity contribution in [2.75, 3.05) is 19.8 Å². The first-order valence-electron chi connectivity index (χ1n) is 43.6. The van der Waals surface area contributed by atoms with Gasteiger partial charge in [0.05, 0.1) is 32.0 Å². The van der Waals surface area contributed by atoms with Gasteiger partial charge in [-0.2, -0.15) is 0 Å². The predicted octanol–water partition coefficient (Wildman–Crippen LogP) is 24.3. The van der Waals surface area contributed by atoms with Gasteiger partial charge in [0.1, 0.15) is 24.4 Å². The van der Waals surface area contributed by atoms with Crippen molar-refractivity contribution in [1.82, 2.24) is 5.32 Å². The summed E-state index contributed by atoms with van der Waals surface area (Å²) < 4.78 is 16.8. The molecule has 0 bridgehead atoms. The number of aliphatic hydroxyl groups excluding tert-OH is 5. The van der Waals surface area contributed by atoms with Crippen molar-refractivity contribution < 1.29 is 49.3 Å². The number of ether oxygens (including phenoxy) is 3. The Hall–Kier alpha value is -1.86. The normalized spacial score (nSPS) is 17.2. The van der Waals surface area contributed by atoms with Crippen LogP contribution in [0.15, 0.2) is 24.3 Å². The molecule has 11 nitrogen and oxygen atoms in total. The molecule has 0 saturated carbocycles. The van der Waals surface area contributed by atoms with Crippen molar-refractivity contribution in [3.8, 4) is 0 Å². The van der Waals surface area contributed by atoms with Gasteiger partial charge in [-0.3, -0.25) is 9.59 Å². The molecule has 1 amide bonds. The number of esters is 1. The fraction of sp³-hybridized carbons (Fsp3) is 0.931. The third-order valence-corrected chi connectivity index (χ3v) is 21.1. The number of rotatable bonds is 79. The minimum atomic E-state index is -1.57. The lowest BCUT2D eigenvalue weighted by Crippen LogP contribution is -2.60. The van der Waals surface area contributed by atoms with Crippen LogP contribution in [-0.2, 0) is 23.8 Å². The number of allylic oxidation sites excluding steroid dienone is 3. The monoisotopic (exact) mass is 1390 g/mol. The molecule has 6 N–H and O–H groups in total. The van der Waals surface area contributed by atoms with E-state index in [4.69, 9.17) is 14.2 Å². The van der Waals surface area contributed by atoms with Crippen molar-refractivity contribution in [3.05, 3.63) is 24.3 Å². The van der Waals surface area contributed by atoms with Gasteiger partial charge in [-0.05, 0) is 57.8 Å². The second-order valence-electron chi connectivity index (χ2n) is 30.6. The number of amides is 1. The molecule has 1 heterocycles. The molecule has 0 spiro atoms. The molecule has 0 aromatic heterocycles. The van der Waals surface area contributed by atoms with Crippen LogP contribution in [-0.4, -0.2) is 100 Å². The van der Waals surface area contributed by atoms with Gasteiger partial charge in [0, 0.05) is 12.8 Å². The summed E-state index contributed by atoms with van der Waals surface area (Å²) in [6, 6.07) is -0.807. The van der Waals surface area contributed by atoms with Crippen molar-refractivity contribution in [2.45, 2.75) is 500 Å². The summed E-state index contributed by atoms with van der Waals surface area (Å²) in [7, 11) is 0. The molecule has 1 aliphatic rings. The zero-order chi connectivity index (χ0) is 70.8. The van der Waals surface area contributed by atoms with Crippen LogP contribution in [0.2, 0.25) is 0 Å². The van der Waals surface area contributed by atoms with Crippen LogP contribution in [0.4, 0.5) is 0 Å². The number of unbranched alkanes of at least 4 members (excludes halogenated alkanes) is 63. The molecule has 1 fully saturated rings. The smallest absolute Gasteiger partial charge is 0.305 e. The van der Waals surface area contributed by atoms with E-state index in [9.17, 15) is 35.1 Å². The van der Waals surface area contributed by atoms with E-state index in [1.807, 2.05) is 6.08 Å². The standard InChI is InChI=1S/C87H167NO10/c1-3-5-7-9-11-13-15-17-19-43-47-51-55-59-63-67-71-75-83(92)96-76-72-68-64-60-56-52-48-45-42-40-38-36-34-32-30-28-26-24-22-20-21-23-25-27-29-31-33-35-37-39-41-44-46-50-54-58-62-66-70-74-82(91)88-79(78-97-87-86(95)85(94)84(93)81(77-89)98-87)80(90)73-69-65-61-57-53-49-18-16-14-12-10-8-6-4-2/h20-21,69,73,79-81,84-87,89-90,93-95H,3-19,22-68,70-72,74-78H2,1-2H3,(H,88,91)/b21-20-,73-69+. The van der Waals surface area contributed by atoms with Crippen molar-refractivity contribution >= 4 is 11.9 Å². The average molecular weight is 1390 g/mol. The molecular formula is C87H167NO10. The Morgan fingerprint density at radius 3 is 0.980 bits per heavy atom. The lowest BCUT2D eigenvalue weighted by atomic mass is 9.99. The quantitative estimate of drug-likeness (QED) is 0.0195. The molecule has 0 aliphatic carbocycles. The molecule has 580 valence electrons.